The van der Waals surface area contributed by atoms with E-state index in [0.717, 1.165) is 110 Å². The van der Waals surface area contributed by atoms with Gasteiger partial charge >= 0.3 is 0 Å². The van der Waals surface area contributed by atoms with Gasteiger partial charge in [-0.15, -0.1) is 0 Å². The third kappa shape index (κ3) is 4.25. The first-order valence-corrected chi connectivity index (χ1v) is 17.2. The molecule has 0 aliphatic rings. The number of para-hydroxylation sites is 6. The van der Waals surface area contributed by atoms with Crippen LogP contribution in [-0.4, -0.2) is 0 Å². The zero-order chi connectivity index (χ0) is 33.5. The molecule has 3 heterocycles. The Morgan fingerprint density at radius 1 is 0.216 bits per heavy atom. The van der Waals surface area contributed by atoms with Crippen LogP contribution in [-0.2, 0) is 0 Å². The summed E-state index contributed by atoms with van der Waals surface area (Å²) in [4.78, 5) is 0. The number of rotatable bonds is 4. The van der Waals surface area contributed by atoms with Crippen molar-refractivity contribution in [3.8, 4) is 44.5 Å². The summed E-state index contributed by atoms with van der Waals surface area (Å²) in [5, 5.41) is 6.75. The highest BCUT2D eigenvalue weighted by molar-refractivity contribution is 6.14. The van der Waals surface area contributed by atoms with Crippen LogP contribution in [0, 0.1) is 0 Å². The fourth-order valence-corrected chi connectivity index (χ4v) is 7.88. The number of hydrogen-bond donors (Lipinski definition) is 0. The Morgan fingerprint density at radius 2 is 0.490 bits per heavy atom. The highest BCUT2D eigenvalue weighted by Crippen LogP contribution is 2.42. The molecule has 3 nitrogen and oxygen atoms in total. The first kappa shape index (κ1) is 28.0. The Balaban J connectivity index is 0.975. The molecule has 0 atom stereocenters. The number of benzene rings is 8. The summed E-state index contributed by atoms with van der Waals surface area (Å²) in [6.07, 6.45) is 0. The molecule has 238 valence electrons. The SMILES string of the molecule is c1ccc2c(c1)oc1c(-c3ccc(-c4cccc5c4oc4c(-c6ccc(-c7cccc8c7oc7ccccc78)cc6)cccc45)cc3)cccc12. The van der Waals surface area contributed by atoms with Crippen molar-refractivity contribution in [1.29, 1.82) is 0 Å². The minimum absolute atomic E-state index is 0.889. The minimum Gasteiger partial charge on any atom is -0.455 e. The molecule has 0 bridgehead atoms. The van der Waals surface area contributed by atoms with Crippen molar-refractivity contribution in [3.05, 3.63) is 170 Å². The molecule has 0 spiro atoms. The molecule has 0 saturated carbocycles. The lowest BCUT2D eigenvalue weighted by Crippen LogP contribution is -1.82. The van der Waals surface area contributed by atoms with Crippen LogP contribution in [0.3, 0.4) is 0 Å². The third-order valence-electron chi connectivity index (χ3n) is 10.3. The fourth-order valence-electron chi connectivity index (χ4n) is 7.88. The second-order valence-corrected chi connectivity index (χ2v) is 13.2. The molecule has 0 unspecified atom stereocenters. The molecule has 0 aliphatic heterocycles. The Morgan fingerprint density at radius 3 is 0.843 bits per heavy atom. The van der Waals surface area contributed by atoms with E-state index in [-0.39, 0.29) is 0 Å². The molecule has 0 N–H and O–H groups in total. The number of furan rings is 3. The first-order chi connectivity index (χ1) is 25.3. The summed E-state index contributed by atoms with van der Waals surface area (Å²) < 4.78 is 19.5. The number of fused-ring (bicyclic) bond motifs is 9. The molecule has 0 radical (unpaired) electrons. The summed E-state index contributed by atoms with van der Waals surface area (Å²) in [5.41, 5.74) is 14.2. The zero-order valence-electron chi connectivity index (χ0n) is 27.4. The Labute approximate surface area is 292 Å². The van der Waals surface area contributed by atoms with Crippen molar-refractivity contribution >= 4 is 65.8 Å². The maximum atomic E-state index is 6.81. The van der Waals surface area contributed by atoms with Crippen LogP contribution in [0.15, 0.2) is 183 Å². The van der Waals surface area contributed by atoms with Gasteiger partial charge in [0.2, 0.25) is 0 Å². The smallest absolute Gasteiger partial charge is 0.143 e. The highest BCUT2D eigenvalue weighted by atomic mass is 16.3. The second-order valence-electron chi connectivity index (χ2n) is 13.2. The van der Waals surface area contributed by atoms with E-state index in [2.05, 4.69) is 146 Å². The normalized spacial score (nSPS) is 11.9. The Bertz CT molecular complexity index is 2900. The Hall–Kier alpha value is -6.84. The van der Waals surface area contributed by atoms with E-state index in [0.29, 0.717) is 0 Å². The van der Waals surface area contributed by atoms with Crippen LogP contribution in [0.5, 0.6) is 0 Å². The van der Waals surface area contributed by atoms with Gasteiger partial charge in [0.15, 0.2) is 0 Å². The van der Waals surface area contributed by atoms with Gasteiger partial charge in [-0.3, -0.25) is 0 Å². The monoisotopic (exact) mass is 652 g/mol. The summed E-state index contributed by atoms with van der Waals surface area (Å²) in [6, 6.07) is 59.5. The van der Waals surface area contributed by atoms with Crippen molar-refractivity contribution in [3.63, 3.8) is 0 Å². The van der Waals surface area contributed by atoms with Crippen molar-refractivity contribution in [1.82, 2.24) is 0 Å². The number of hydrogen-bond acceptors (Lipinski definition) is 3. The van der Waals surface area contributed by atoms with Gasteiger partial charge < -0.3 is 13.3 Å². The topological polar surface area (TPSA) is 39.4 Å². The van der Waals surface area contributed by atoms with E-state index in [1.54, 1.807) is 0 Å². The molecule has 0 saturated heterocycles. The quantitative estimate of drug-likeness (QED) is 0.190. The maximum absolute atomic E-state index is 6.81. The van der Waals surface area contributed by atoms with Crippen LogP contribution >= 0.6 is 0 Å². The van der Waals surface area contributed by atoms with Crippen LogP contribution < -0.4 is 0 Å². The predicted molar refractivity (Wildman–Crippen MR) is 210 cm³/mol. The van der Waals surface area contributed by atoms with Crippen molar-refractivity contribution in [2.45, 2.75) is 0 Å². The van der Waals surface area contributed by atoms with Crippen LogP contribution in [0.2, 0.25) is 0 Å². The van der Waals surface area contributed by atoms with E-state index in [1.807, 2.05) is 24.3 Å². The van der Waals surface area contributed by atoms with Crippen LogP contribution in [0.4, 0.5) is 0 Å². The molecule has 0 amide bonds. The molecule has 3 heteroatoms. The van der Waals surface area contributed by atoms with Crippen LogP contribution in [0.1, 0.15) is 0 Å². The van der Waals surface area contributed by atoms with Gasteiger partial charge in [-0.05, 0) is 34.4 Å². The summed E-state index contributed by atoms with van der Waals surface area (Å²) >= 11 is 0. The zero-order valence-corrected chi connectivity index (χ0v) is 27.4. The van der Waals surface area contributed by atoms with E-state index in [9.17, 15) is 0 Å². The van der Waals surface area contributed by atoms with Crippen LogP contribution in [0.25, 0.3) is 110 Å². The molecule has 0 fully saturated rings. The molecule has 3 aromatic heterocycles. The summed E-state index contributed by atoms with van der Waals surface area (Å²) in [6.45, 7) is 0. The van der Waals surface area contributed by atoms with Gasteiger partial charge in [-0.2, -0.15) is 0 Å². The minimum atomic E-state index is 0.889. The predicted octanol–water partition coefficient (Wildman–Crippen LogP) is 14.1. The van der Waals surface area contributed by atoms with E-state index in [4.69, 9.17) is 13.3 Å². The van der Waals surface area contributed by atoms with Gasteiger partial charge in [0.25, 0.3) is 0 Å². The van der Waals surface area contributed by atoms with Gasteiger partial charge in [-0.25, -0.2) is 0 Å². The molecular weight excluding hydrogens is 625 g/mol. The van der Waals surface area contributed by atoms with Gasteiger partial charge in [-0.1, -0.05) is 158 Å². The molecule has 51 heavy (non-hydrogen) atoms. The molecule has 8 aromatic carbocycles. The van der Waals surface area contributed by atoms with Crippen molar-refractivity contribution < 1.29 is 13.3 Å². The van der Waals surface area contributed by atoms with Crippen molar-refractivity contribution in [2.24, 2.45) is 0 Å². The standard InChI is InChI=1S/C48H28O3/c1-3-19-43-37(9-1)39-15-5-11-33(45(39)49-43)29-21-25-31(26-22-29)35-13-7-17-41-42-18-8-14-36(48(42)51-47(35)41)32-27-23-30(24-28-32)34-12-6-16-40-38-10-2-4-20-44(38)50-46(34)40/h1-28H. The van der Waals surface area contributed by atoms with E-state index >= 15 is 0 Å². The molecular formula is C48H28O3. The lowest BCUT2D eigenvalue weighted by atomic mass is 9.97. The maximum Gasteiger partial charge on any atom is 0.143 e. The third-order valence-corrected chi connectivity index (χ3v) is 10.3. The highest BCUT2D eigenvalue weighted by Gasteiger charge is 2.18. The van der Waals surface area contributed by atoms with Gasteiger partial charge in [0, 0.05) is 54.6 Å². The van der Waals surface area contributed by atoms with E-state index < -0.39 is 0 Å². The van der Waals surface area contributed by atoms with E-state index in [1.165, 1.54) is 0 Å². The first-order valence-electron chi connectivity index (χ1n) is 17.2. The summed E-state index contributed by atoms with van der Waals surface area (Å²) in [7, 11) is 0. The lowest BCUT2D eigenvalue weighted by Gasteiger charge is -2.07. The molecule has 11 rings (SSSR count). The molecule has 11 aromatic rings. The fraction of sp³-hybridized carbons (Fsp3) is 0. The van der Waals surface area contributed by atoms with Crippen molar-refractivity contribution in [2.75, 3.05) is 0 Å². The summed E-state index contributed by atoms with van der Waals surface area (Å²) in [5.74, 6) is 0. The van der Waals surface area contributed by atoms with Gasteiger partial charge in [0.05, 0.1) is 0 Å². The van der Waals surface area contributed by atoms with Gasteiger partial charge in [0.1, 0.15) is 33.5 Å². The average Bonchev–Trinajstić information content (AvgIpc) is 3.89. The second kappa shape index (κ2) is 10.8. The lowest BCUT2D eigenvalue weighted by molar-refractivity contribution is 0.669. The largest absolute Gasteiger partial charge is 0.455 e. The molecule has 0 aliphatic carbocycles. The Kier molecular flexibility index (Phi) is 5.96. The average molecular weight is 653 g/mol.